The van der Waals surface area contributed by atoms with E-state index in [0.29, 0.717) is 5.89 Å². The standard InChI is InChI=1S/C23H21N5O2/c1-29-19-5-2-4-16(12-19)20-27-21(28-30-20)23(10-3-11-23)18-8-6-15(7-9-18)17-13-25-22(24)26-14-17/h2,4-9,12-14H,3,10-11H2,1H3,(H2,24,25,26). The number of benzene rings is 2. The Labute approximate surface area is 173 Å². The smallest absolute Gasteiger partial charge is 0.258 e. The van der Waals surface area contributed by atoms with Gasteiger partial charge in [-0.05, 0) is 42.2 Å². The average Bonchev–Trinajstić information content (AvgIpc) is 3.24. The third-order valence-electron chi connectivity index (χ3n) is 5.82. The fraction of sp³-hybridized carbons (Fsp3) is 0.217. The van der Waals surface area contributed by atoms with Crippen molar-refractivity contribution in [2.45, 2.75) is 24.7 Å². The molecule has 2 N–H and O–H groups in total. The van der Waals surface area contributed by atoms with Crippen LogP contribution in [0.3, 0.4) is 0 Å². The maximum Gasteiger partial charge on any atom is 0.258 e. The van der Waals surface area contributed by atoms with Crippen molar-refractivity contribution in [1.29, 1.82) is 0 Å². The summed E-state index contributed by atoms with van der Waals surface area (Å²) >= 11 is 0. The number of hydrogen-bond donors (Lipinski definition) is 1. The molecular weight excluding hydrogens is 378 g/mol. The lowest BCUT2D eigenvalue weighted by Crippen LogP contribution is -2.36. The van der Waals surface area contributed by atoms with Crippen LogP contribution in [0.15, 0.2) is 65.4 Å². The Balaban J connectivity index is 1.46. The molecule has 7 nitrogen and oxygen atoms in total. The van der Waals surface area contributed by atoms with E-state index in [2.05, 4.69) is 39.4 Å². The second kappa shape index (κ2) is 7.26. The molecule has 0 bridgehead atoms. The number of rotatable bonds is 5. The van der Waals surface area contributed by atoms with Crippen LogP contribution >= 0.6 is 0 Å². The van der Waals surface area contributed by atoms with Crippen LogP contribution in [0.5, 0.6) is 5.75 Å². The van der Waals surface area contributed by atoms with Crippen LogP contribution in [-0.4, -0.2) is 27.2 Å². The van der Waals surface area contributed by atoms with Gasteiger partial charge in [-0.2, -0.15) is 4.98 Å². The molecule has 1 saturated carbocycles. The van der Waals surface area contributed by atoms with Gasteiger partial charge in [0.05, 0.1) is 12.5 Å². The van der Waals surface area contributed by atoms with Crippen molar-refractivity contribution < 1.29 is 9.26 Å². The predicted octanol–water partition coefficient (Wildman–Crippen LogP) is 4.25. The molecular formula is C23H21N5O2. The maximum absolute atomic E-state index is 5.61. The first-order valence-electron chi connectivity index (χ1n) is 9.85. The monoisotopic (exact) mass is 399 g/mol. The first-order chi connectivity index (χ1) is 14.7. The summed E-state index contributed by atoms with van der Waals surface area (Å²) in [6, 6.07) is 16.1. The Kier molecular flexibility index (Phi) is 4.43. The van der Waals surface area contributed by atoms with E-state index >= 15 is 0 Å². The van der Waals surface area contributed by atoms with Gasteiger partial charge in [0, 0.05) is 23.5 Å². The van der Waals surface area contributed by atoms with E-state index in [1.165, 1.54) is 5.56 Å². The Morgan fingerprint density at radius 2 is 1.73 bits per heavy atom. The molecule has 2 aromatic heterocycles. The van der Waals surface area contributed by atoms with Gasteiger partial charge < -0.3 is 15.0 Å². The van der Waals surface area contributed by atoms with Gasteiger partial charge in [-0.25, -0.2) is 9.97 Å². The molecule has 0 radical (unpaired) electrons. The number of aromatic nitrogens is 4. The van der Waals surface area contributed by atoms with Crippen molar-refractivity contribution in [2.24, 2.45) is 0 Å². The molecule has 150 valence electrons. The van der Waals surface area contributed by atoms with Crippen molar-refractivity contribution in [1.82, 2.24) is 20.1 Å². The van der Waals surface area contributed by atoms with Crippen molar-refractivity contribution in [3.8, 4) is 28.3 Å². The van der Waals surface area contributed by atoms with E-state index in [4.69, 9.17) is 20.0 Å². The quantitative estimate of drug-likeness (QED) is 0.535. The lowest BCUT2D eigenvalue weighted by Gasteiger charge is -2.39. The van der Waals surface area contributed by atoms with Crippen LogP contribution in [0.1, 0.15) is 30.7 Å². The zero-order chi connectivity index (χ0) is 20.6. The molecule has 0 aliphatic heterocycles. The molecule has 0 saturated heterocycles. The number of nitrogens with two attached hydrogens (primary N) is 1. The maximum atomic E-state index is 5.61. The zero-order valence-corrected chi connectivity index (χ0v) is 16.6. The highest BCUT2D eigenvalue weighted by Gasteiger charge is 2.44. The SMILES string of the molecule is COc1cccc(-c2nc(C3(c4ccc(-c5cnc(N)nc5)cc4)CCC3)no2)c1. The lowest BCUT2D eigenvalue weighted by molar-refractivity contribution is 0.273. The molecule has 0 unspecified atom stereocenters. The van der Waals surface area contributed by atoms with Crippen molar-refractivity contribution in [3.63, 3.8) is 0 Å². The Morgan fingerprint density at radius 1 is 0.967 bits per heavy atom. The molecule has 0 amide bonds. The van der Waals surface area contributed by atoms with E-state index in [0.717, 1.165) is 47.5 Å². The first kappa shape index (κ1) is 18.3. The topological polar surface area (TPSA) is 100.0 Å². The lowest BCUT2D eigenvalue weighted by atomic mass is 9.64. The second-order valence-corrected chi connectivity index (χ2v) is 7.50. The van der Waals surface area contributed by atoms with Gasteiger partial charge >= 0.3 is 0 Å². The highest BCUT2D eigenvalue weighted by atomic mass is 16.5. The van der Waals surface area contributed by atoms with Crippen LogP contribution < -0.4 is 10.5 Å². The summed E-state index contributed by atoms with van der Waals surface area (Å²) in [5, 5.41) is 4.35. The van der Waals surface area contributed by atoms with Crippen molar-refractivity contribution in [3.05, 3.63) is 72.3 Å². The second-order valence-electron chi connectivity index (χ2n) is 7.50. The molecule has 5 rings (SSSR count). The zero-order valence-electron chi connectivity index (χ0n) is 16.6. The minimum atomic E-state index is -0.212. The first-order valence-corrected chi connectivity index (χ1v) is 9.85. The van der Waals surface area contributed by atoms with Gasteiger partial charge in [0.2, 0.25) is 5.95 Å². The van der Waals surface area contributed by atoms with Gasteiger partial charge in [-0.1, -0.05) is 41.9 Å². The molecule has 0 atom stereocenters. The third-order valence-corrected chi connectivity index (χ3v) is 5.82. The molecule has 1 aliphatic rings. The van der Waals surface area contributed by atoms with Crippen LogP contribution in [0.25, 0.3) is 22.6 Å². The van der Waals surface area contributed by atoms with E-state index < -0.39 is 0 Å². The highest BCUT2D eigenvalue weighted by molar-refractivity contribution is 5.63. The third kappa shape index (κ3) is 3.08. The molecule has 1 aliphatic carbocycles. The van der Waals surface area contributed by atoms with Gasteiger partial charge in [-0.15, -0.1) is 0 Å². The molecule has 7 heteroatoms. The molecule has 2 heterocycles. The Hall–Kier alpha value is -3.74. The van der Waals surface area contributed by atoms with Crippen LogP contribution in [0.4, 0.5) is 5.95 Å². The van der Waals surface area contributed by atoms with Gasteiger partial charge in [0.1, 0.15) is 5.75 Å². The highest BCUT2D eigenvalue weighted by Crippen LogP contribution is 2.48. The number of nitrogens with zero attached hydrogens (tertiary/aromatic N) is 4. The van der Waals surface area contributed by atoms with E-state index in [1.807, 2.05) is 24.3 Å². The van der Waals surface area contributed by atoms with Crippen molar-refractivity contribution >= 4 is 5.95 Å². The van der Waals surface area contributed by atoms with E-state index in [-0.39, 0.29) is 11.4 Å². The number of methoxy groups -OCH3 is 1. The number of nitrogen functional groups attached to an aromatic ring is 1. The molecule has 1 fully saturated rings. The normalized spacial score (nSPS) is 14.8. The molecule has 30 heavy (non-hydrogen) atoms. The molecule has 2 aromatic carbocycles. The Bertz CT molecular complexity index is 1160. The van der Waals surface area contributed by atoms with Crippen LogP contribution in [0.2, 0.25) is 0 Å². The van der Waals surface area contributed by atoms with E-state index in [9.17, 15) is 0 Å². The fourth-order valence-corrected chi connectivity index (χ4v) is 3.93. The number of ether oxygens (including phenoxy) is 1. The Morgan fingerprint density at radius 3 is 2.40 bits per heavy atom. The van der Waals surface area contributed by atoms with Gasteiger partial charge in [0.15, 0.2) is 5.82 Å². The summed E-state index contributed by atoms with van der Waals surface area (Å²) < 4.78 is 10.9. The van der Waals surface area contributed by atoms with Crippen LogP contribution in [0, 0.1) is 0 Å². The van der Waals surface area contributed by atoms with Gasteiger partial charge in [0.25, 0.3) is 5.89 Å². The van der Waals surface area contributed by atoms with Gasteiger partial charge in [-0.3, -0.25) is 0 Å². The number of hydrogen-bond acceptors (Lipinski definition) is 7. The minimum absolute atomic E-state index is 0.212. The summed E-state index contributed by atoms with van der Waals surface area (Å²) in [5.74, 6) is 2.27. The summed E-state index contributed by atoms with van der Waals surface area (Å²) in [6.07, 6.45) is 6.59. The largest absolute Gasteiger partial charge is 0.497 e. The summed E-state index contributed by atoms with van der Waals surface area (Å²) in [5.41, 5.74) is 9.38. The summed E-state index contributed by atoms with van der Waals surface area (Å²) in [4.78, 5) is 12.9. The average molecular weight is 399 g/mol. The minimum Gasteiger partial charge on any atom is -0.497 e. The van der Waals surface area contributed by atoms with Crippen molar-refractivity contribution in [2.75, 3.05) is 12.8 Å². The number of anilines is 1. The summed E-state index contributed by atoms with van der Waals surface area (Å²) in [7, 11) is 1.64. The fourth-order valence-electron chi connectivity index (χ4n) is 3.93. The molecule has 4 aromatic rings. The molecule has 0 spiro atoms. The predicted molar refractivity (Wildman–Crippen MR) is 113 cm³/mol. The van der Waals surface area contributed by atoms with Crippen LogP contribution in [-0.2, 0) is 5.41 Å². The van der Waals surface area contributed by atoms with E-state index in [1.54, 1.807) is 19.5 Å². The summed E-state index contributed by atoms with van der Waals surface area (Å²) in [6.45, 7) is 0.